The molecule has 122 valence electrons. The van der Waals surface area contributed by atoms with Gasteiger partial charge in [-0.3, -0.25) is 0 Å². The molecular formula is C16H18N2O4S. The van der Waals surface area contributed by atoms with Crippen molar-refractivity contribution < 1.29 is 17.9 Å². The van der Waals surface area contributed by atoms with Gasteiger partial charge in [-0.05, 0) is 30.7 Å². The lowest BCUT2D eigenvalue weighted by Crippen LogP contribution is -2.41. The van der Waals surface area contributed by atoms with E-state index in [1.807, 2.05) is 25.3 Å². The Hall–Kier alpha value is -1.99. The largest absolute Gasteiger partial charge is 0.454 e. The Morgan fingerprint density at radius 1 is 1.17 bits per heavy atom. The van der Waals surface area contributed by atoms with Crippen LogP contribution in [0.15, 0.2) is 41.4 Å². The first-order chi connectivity index (χ1) is 11.1. The average molecular weight is 334 g/mol. The number of fused-ring (bicyclic) bond motifs is 2. The maximum absolute atomic E-state index is 13.1. The summed E-state index contributed by atoms with van der Waals surface area (Å²) in [6, 6.07) is 8.61. The van der Waals surface area contributed by atoms with Crippen LogP contribution in [0.1, 0.15) is 25.1 Å². The van der Waals surface area contributed by atoms with Crippen LogP contribution in [0.4, 0.5) is 0 Å². The molecule has 23 heavy (non-hydrogen) atoms. The molecule has 7 heteroatoms. The molecule has 2 aliphatic heterocycles. The lowest BCUT2D eigenvalue weighted by Gasteiger charge is -2.35. The molecule has 2 aromatic rings. The van der Waals surface area contributed by atoms with E-state index < -0.39 is 10.0 Å². The Labute approximate surface area is 135 Å². The van der Waals surface area contributed by atoms with E-state index in [-0.39, 0.29) is 17.7 Å². The molecular weight excluding hydrogens is 316 g/mol. The molecule has 1 aromatic carbocycles. The number of ether oxygens (including phenoxy) is 2. The normalized spacial score (nSPS) is 20.5. The number of sulfonamides is 1. The Balaban J connectivity index is 1.74. The fourth-order valence-corrected chi connectivity index (χ4v) is 5.00. The van der Waals surface area contributed by atoms with Gasteiger partial charge < -0.3 is 14.0 Å². The van der Waals surface area contributed by atoms with E-state index in [0.717, 1.165) is 12.1 Å². The van der Waals surface area contributed by atoms with Gasteiger partial charge in [-0.2, -0.15) is 4.31 Å². The highest BCUT2D eigenvalue weighted by Crippen LogP contribution is 2.38. The SMILES string of the molecule is CC[C@H]1c2cccn2CCN1S(=O)(=O)c1ccc2c(c1)OCO2. The molecule has 0 aliphatic carbocycles. The van der Waals surface area contributed by atoms with Crippen LogP contribution in [0.2, 0.25) is 0 Å². The van der Waals surface area contributed by atoms with Gasteiger partial charge in [0.25, 0.3) is 0 Å². The maximum atomic E-state index is 13.1. The third kappa shape index (κ3) is 2.22. The minimum absolute atomic E-state index is 0.133. The van der Waals surface area contributed by atoms with Crippen molar-refractivity contribution in [2.24, 2.45) is 0 Å². The molecule has 4 rings (SSSR count). The van der Waals surface area contributed by atoms with Gasteiger partial charge in [0.05, 0.1) is 10.9 Å². The molecule has 0 saturated carbocycles. The molecule has 0 bridgehead atoms. The first-order valence-electron chi connectivity index (χ1n) is 7.68. The van der Waals surface area contributed by atoms with Gasteiger partial charge in [0.15, 0.2) is 11.5 Å². The van der Waals surface area contributed by atoms with E-state index >= 15 is 0 Å². The molecule has 0 unspecified atom stereocenters. The summed E-state index contributed by atoms with van der Waals surface area (Å²) in [5.74, 6) is 1.07. The number of hydrogen-bond acceptors (Lipinski definition) is 4. The fourth-order valence-electron chi connectivity index (χ4n) is 3.32. The summed E-state index contributed by atoms with van der Waals surface area (Å²) in [6.07, 6.45) is 2.73. The topological polar surface area (TPSA) is 60.8 Å². The number of aromatic nitrogens is 1. The smallest absolute Gasteiger partial charge is 0.243 e. The van der Waals surface area contributed by atoms with Crippen LogP contribution in [-0.4, -0.2) is 30.6 Å². The van der Waals surface area contributed by atoms with E-state index in [9.17, 15) is 8.42 Å². The van der Waals surface area contributed by atoms with Crippen LogP contribution in [0.3, 0.4) is 0 Å². The van der Waals surface area contributed by atoms with E-state index in [1.54, 1.807) is 22.5 Å². The van der Waals surface area contributed by atoms with E-state index in [4.69, 9.17) is 9.47 Å². The van der Waals surface area contributed by atoms with Crippen molar-refractivity contribution in [3.05, 3.63) is 42.2 Å². The summed E-state index contributed by atoms with van der Waals surface area (Å²) in [5, 5.41) is 0. The van der Waals surface area contributed by atoms with Crippen molar-refractivity contribution in [3.8, 4) is 11.5 Å². The lowest BCUT2D eigenvalue weighted by molar-refractivity contribution is 0.174. The molecule has 3 heterocycles. The number of benzene rings is 1. The molecule has 0 amide bonds. The first kappa shape index (κ1) is 14.6. The van der Waals surface area contributed by atoms with Crippen LogP contribution in [0, 0.1) is 0 Å². The predicted octanol–water partition coefficient (Wildman–Crippen LogP) is 2.37. The number of nitrogens with zero attached hydrogens (tertiary/aromatic N) is 2. The lowest BCUT2D eigenvalue weighted by atomic mass is 10.1. The zero-order valence-electron chi connectivity index (χ0n) is 12.8. The van der Waals surface area contributed by atoms with Crippen molar-refractivity contribution in [3.63, 3.8) is 0 Å². The van der Waals surface area contributed by atoms with Crippen LogP contribution >= 0.6 is 0 Å². The molecule has 0 N–H and O–H groups in total. The van der Waals surface area contributed by atoms with Crippen LogP contribution in [0.25, 0.3) is 0 Å². The van der Waals surface area contributed by atoms with Gasteiger partial charge in [-0.25, -0.2) is 8.42 Å². The fraction of sp³-hybridized carbons (Fsp3) is 0.375. The molecule has 1 atom stereocenters. The Kier molecular flexibility index (Phi) is 3.35. The predicted molar refractivity (Wildman–Crippen MR) is 83.9 cm³/mol. The van der Waals surface area contributed by atoms with E-state index in [2.05, 4.69) is 4.57 Å². The molecule has 6 nitrogen and oxygen atoms in total. The Morgan fingerprint density at radius 3 is 2.83 bits per heavy atom. The van der Waals surface area contributed by atoms with Crippen LogP contribution in [-0.2, 0) is 16.6 Å². The summed E-state index contributed by atoms with van der Waals surface area (Å²) in [6.45, 7) is 3.28. The first-order valence-corrected chi connectivity index (χ1v) is 9.12. The van der Waals surface area contributed by atoms with Crippen molar-refractivity contribution in [2.75, 3.05) is 13.3 Å². The minimum atomic E-state index is -3.58. The van der Waals surface area contributed by atoms with Gasteiger partial charge in [-0.15, -0.1) is 0 Å². The number of rotatable bonds is 3. The van der Waals surface area contributed by atoms with Gasteiger partial charge in [0.1, 0.15) is 0 Å². The zero-order chi connectivity index (χ0) is 16.0. The number of hydrogen-bond donors (Lipinski definition) is 0. The van der Waals surface area contributed by atoms with Gasteiger partial charge in [0, 0.05) is 31.0 Å². The quantitative estimate of drug-likeness (QED) is 0.865. The molecule has 2 aliphatic rings. The standard InChI is InChI=1S/C16H18N2O4S/c1-2-13-14-4-3-7-17(14)8-9-18(13)23(19,20)12-5-6-15-16(10-12)22-11-21-15/h3-7,10,13H,2,8-9,11H2,1H3/t13-/m0/s1. The third-order valence-corrected chi connectivity index (χ3v) is 6.36. The average Bonchev–Trinajstić information content (AvgIpc) is 3.21. The Morgan fingerprint density at radius 2 is 2.00 bits per heavy atom. The van der Waals surface area contributed by atoms with Gasteiger partial charge in [0.2, 0.25) is 16.8 Å². The second-order valence-electron chi connectivity index (χ2n) is 5.68. The zero-order valence-corrected chi connectivity index (χ0v) is 13.6. The van der Waals surface area contributed by atoms with Crippen LogP contribution in [0.5, 0.6) is 11.5 Å². The molecule has 0 fully saturated rings. The second-order valence-corrected chi connectivity index (χ2v) is 7.57. The maximum Gasteiger partial charge on any atom is 0.243 e. The minimum Gasteiger partial charge on any atom is -0.454 e. The van der Waals surface area contributed by atoms with Crippen LogP contribution < -0.4 is 9.47 Å². The summed E-state index contributed by atoms with van der Waals surface area (Å²) < 4.78 is 40.5. The van der Waals surface area contributed by atoms with Gasteiger partial charge >= 0.3 is 0 Å². The van der Waals surface area contributed by atoms with E-state index in [1.165, 1.54) is 0 Å². The summed E-state index contributed by atoms with van der Waals surface area (Å²) in [5.41, 5.74) is 1.04. The Bertz CT molecular complexity index is 844. The highest BCUT2D eigenvalue weighted by Gasteiger charge is 2.36. The van der Waals surface area contributed by atoms with Crippen molar-refractivity contribution in [1.29, 1.82) is 0 Å². The highest BCUT2D eigenvalue weighted by atomic mass is 32.2. The van der Waals surface area contributed by atoms with Crippen molar-refractivity contribution >= 4 is 10.0 Å². The van der Waals surface area contributed by atoms with E-state index in [0.29, 0.717) is 24.6 Å². The summed E-state index contributed by atoms with van der Waals surface area (Å²) in [7, 11) is -3.58. The van der Waals surface area contributed by atoms with Crippen molar-refractivity contribution in [2.45, 2.75) is 30.8 Å². The van der Waals surface area contributed by atoms with Crippen molar-refractivity contribution in [1.82, 2.24) is 8.87 Å². The second kappa shape index (κ2) is 5.28. The molecule has 0 spiro atoms. The third-order valence-electron chi connectivity index (χ3n) is 4.45. The highest BCUT2D eigenvalue weighted by molar-refractivity contribution is 7.89. The monoisotopic (exact) mass is 334 g/mol. The summed E-state index contributed by atoms with van der Waals surface area (Å²) in [4.78, 5) is 0.250. The van der Waals surface area contributed by atoms with Gasteiger partial charge in [-0.1, -0.05) is 6.92 Å². The summed E-state index contributed by atoms with van der Waals surface area (Å²) >= 11 is 0. The molecule has 1 aromatic heterocycles. The molecule has 0 saturated heterocycles. The molecule has 0 radical (unpaired) electrons.